The largest absolute Gasteiger partial charge is 0.388 e. The molecule has 2 amide bonds. The minimum absolute atomic E-state index is 0.00351. The topological polar surface area (TPSA) is 113 Å². The third-order valence-electron chi connectivity index (χ3n) is 4.85. The summed E-state index contributed by atoms with van der Waals surface area (Å²) in [6.07, 6.45) is 0.906. The lowest BCUT2D eigenvalue weighted by molar-refractivity contribution is 0.0683. The van der Waals surface area contributed by atoms with Gasteiger partial charge in [0.2, 0.25) is 10.0 Å². The number of aliphatic hydroxyl groups excluding tert-OH is 1. The van der Waals surface area contributed by atoms with Crippen molar-refractivity contribution in [2.75, 3.05) is 18.4 Å². The number of carbonyl (C=O) groups is 1. The van der Waals surface area contributed by atoms with E-state index in [1.165, 1.54) is 24.3 Å². The van der Waals surface area contributed by atoms with Gasteiger partial charge in [-0.3, -0.25) is 0 Å². The molecule has 1 heterocycles. The molecule has 0 aliphatic carbocycles. The molecule has 2 aromatic carbocycles. The number of nitrogens with two attached hydrogens (primary N) is 1. The van der Waals surface area contributed by atoms with E-state index in [9.17, 15) is 18.3 Å². The first-order valence-corrected chi connectivity index (χ1v) is 10.3. The normalized spacial score (nSPS) is 16.7. The molecule has 7 nitrogen and oxygen atoms in total. The molecule has 1 atom stereocenters. The second kappa shape index (κ2) is 8.08. The first-order valence-electron chi connectivity index (χ1n) is 8.76. The Kier molecular flexibility index (Phi) is 5.79. The Morgan fingerprint density at radius 1 is 1.07 bits per heavy atom. The number of aliphatic hydroxyl groups is 1. The number of rotatable bonds is 4. The highest BCUT2D eigenvalue weighted by Gasteiger charge is 2.28. The third-order valence-corrected chi connectivity index (χ3v) is 5.78. The van der Waals surface area contributed by atoms with Crippen LogP contribution in [0.5, 0.6) is 0 Å². The molecule has 8 heteroatoms. The van der Waals surface area contributed by atoms with Crippen molar-refractivity contribution in [3.05, 3.63) is 60.2 Å². The molecule has 1 saturated heterocycles. The number of nitrogens with one attached hydrogen (secondary N) is 1. The van der Waals surface area contributed by atoms with Gasteiger partial charge in [-0.2, -0.15) is 0 Å². The fraction of sp³-hybridized carbons (Fsp3) is 0.316. The van der Waals surface area contributed by atoms with Gasteiger partial charge in [-0.25, -0.2) is 18.4 Å². The maximum atomic E-state index is 12.4. The highest BCUT2D eigenvalue weighted by atomic mass is 32.2. The summed E-state index contributed by atoms with van der Waals surface area (Å²) in [5, 5.41) is 18.3. The second-order valence-electron chi connectivity index (χ2n) is 6.68. The lowest BCUT2D eigenvalue weighted by Crippen LogP contribution is -2.42. The van der Waals surface area contributed by atoms with Crippen LogP contribution in [-0.4, -0.2) is 37.5 Å². The van der Waals surface area contributed by atoms with E-state index in [4.69, 9.17) is 5.14 Å². The van der Waals surface area contributed by atoms with Gasteiger partial charge in [0.15, 0.2) is 0 Å². The maximum Gasteiger partial charge on any atom is 0.321 e. The van der Waals surface area contributed by atoms with E-state index in [-0.39, 0.29) is 16.8 Å². The molecule has 1 aliphatic rings. The first-order chi connectivity index (χ1) is 12.8. The van der Waals surface area contributed by atoms with Gasteiger partial charge in [0, 0.05) is 18.8 Å². The Bertz CT molecular complexity index is 877. The van der Waals surface area contributed by atoms with Crippen molar-refractivity contribution in [3.8, 4) is 0 Å². The van der Waals surface area contributed by atoms with E-state index in [1.54, 1.807) is 4.90 Å². The number of hydrogen-bond donors (Lipinski definition) is 3. The van der Waals surface area contributed by atoms with E-state index in [1.807, 2.05) is 30.3 Å². The Morgan fingerprint density at radius 2 is 1.67 bits per heavy atom. The molecule has 3 rings (SSSR count). The van der Waals surface area contributed by atoms with Crippen molar-refractivity contribution in [2.45, 2.75) is 23.8 Å². The fourth-order valence-corrected chi connectivity index (χ4v) is 3.79. The summed E-state index contributed by atoms with van der Waals surface area (Å²) in [5.74, 6) is 0.116. The standard InChI is InChI=1S/C19H23N3O4S/c20-27(25,26)17-8-6-16(7-9-17)21-19(24)22-12-10-15(11-13-22)18(23)14-4-2-1-3-5-14/h1-9,15,18,23H,10-13H2,(H,21,24)(H2,20,25,26). The van der Waals surface area contributed by atoms with Crippen molar-refractivity contribution in [3.63, 3.8) is 0 Å². The average Bonchev–Trinajstić information content (AvgIpc) is 2.68. The molecule has 0 aromatic heterocycles. The van der Waals surface area contributed by atoms with Crippen LogP contribution in [0.3, 0.4) is 0 Å². The number of urea groups is 1. The predicted octanol–water partition coefficient (Wildman–Crippen LogP) is 2.31. The molecule has 0 saturated carbocycles. The molecule has 4 N–H and O–H groups in total. The van der Waals surface area contributed by atoms with Crippen molar-refractivity contribution in [1.82, 2.24) is 4.90 Å². The third kappa shape index (κ3) is 4.85. The van der Waals surface area contributed by atoms with E-state index in [2.05, 4.69) is 5.32 Å². The quantitative estimate of drug-likeness (QED) is 0.745. The van der Waals surface area contributed by atoms with E-state index in [0.717, 1.165) is 5.56 Å². The van der Waals surface area contributed by atoms with E-state index in [0.29, 0.717) is 31.6 Å². The van der Waals surface area contributed by atoms with Gasteiger partial charge in [-0.1, -0.05) is 30.3 Å². The molecule has 0 spiro atoms. The molecule has 27 heavy (non-hydrogen) atoms. The van der Waals surface area contributed by atoms with Crippen LogP contribution in [0.25, 0.3) is 0 Å². The van der Waals surface area contributed by atoms with Crippen LogP contribution in [-0.2, 0) is 10.0 Å². The Hall–Kier alpha value is -2.42. The highest BCUT2D eigenvalue weighted by Crippen LogP contribution is 2.30. The maximum absolute atomic E-state index is 12.4. The summed E-state index contributed by atoms with van der Waals surface area (Å²) in [6.45, 7) is 1.10. The fourth-order valence-electron chi connectivity index (χ4n) is 3.27. The smallest absolute Gasteiger partial charge is 0.321 e. The van der Waals surface area contributed by atoms with Gasteiger partial charge in [0.05, 0.1) is 11.0 Å². The van der Waals surface area contributed by atoms with Gasteiger partial charge in [-0.15, -0.1) is 0 Å². The number of carbonyl (C=O) groups excluding carboxylic acids is 1. The number of likely N-dealkylation sites (tertiary alicyclic amines) is 1. The molecule has 0 radical (unpaired) electrons. The van der Waals surface area contributed by atoms with Crippen LogP contribution in [0.1, 0.15) is 24.5 Å². The monoisotopic (exact) mass is 389 g/mol. The number of amides is 2. The van der Waals surface area contributed by atoms with E-state index >= 15 is 0 Å². The number of nitrogens with zero attached hydrogens (tertiary/aromatic N) is 1. The van der Waals surface area contributed by atoms with Crippen molar-refractivity contribution in [2.24, 2.45) is 11.1 Å². The molecular formula is C19H23N3O4S. The van der Waals surface area contributed by atoms with Crippen LogP contribution >= 0.6 is 0 Å². The molecule has 1 fully saturated rings. The summed E-state index contributed by atoms with van der Waals surface area (Å²) in [7, 11) is -3.75. The molecule has 1 aliphatic heterocycles. The van der Waals surface area contributed by atoms with Gasteiger partial charge >= 0.3 is 6.03 Å². The van der Waals surface area contributed by atoms with Crippen LogP contribution in [0.4, 0.5) is 10.5 Å². The van der Waals surface area contributed by atoms with Gasteiger partial charge in [0.1, 0.15) is 0 Å². The number of piperidine rings is 1. The number of benzene rings is 2. The lowest BCUT2D eigenvalue weighted by Gasteiger charge is -2.34. The van der Waals surface area contributed by atoms with Crippen LogP contribution in [0, 0.1) is 5.92 Å². The van der Waals surface area contributed by atoms with Crippen molar-refractivity contribution < 1.29 is 18.3 Å². The zero-order chi connectivity index (χ0) is 19.4. The minimum Gasteiger partial charge on any atom is -0.388 e. The summed E-state index contributed by atoms with van der Waals surface area (Å²) < 4.78 is 22.5. The second-order valence-corrected chi connectivity index (χ2v) is 8.24. The van der Waals surface area contributed by atoms with Crippen LogP contribution in [0.2, 0.25) is 0 Å². The van der Waals surface area contributed by atoms with Crippen molar-refractivity contribution >= 4 is 21.7 Å². The summed E-state index contributed by atoms with van der Waals surface area (Å²) in [4.78, 5) is 14.1. The Balaban J connectivity index is 1.54. The first kappa shape index (κ1) is 19.3. The molecule has 144 valence electrons. The van der Waals surface area contributed by atoms with Gasteiger partial charge < -0.3 is 15.3 Å². The van der Waals surface area contributed by atoms with Crippen molar-refractivity contribution in [1.29, 1.82) is 0 Å². The van der Waals surface area contributed by atoms with E-state index < -0.39 is 16.1 Å². The highest BCUT2D eigenvalue weighted by molar-refractivity contribution is 7.89. The zero-order valence-corrected chi connectivity index (χ0v) is 15.6. The lowest BCUT2D eigenvalue weighted by atomic mass is 9.87. The summed E-state index contributed by atoms with van der Waals surface area (Å²) in [6, 6.07) is 15.0. The van der Waals surface area contributed by atoms with Crippen LogP contribution < -0.4 is 10.5 Å². The van der Waals surface area contributed by atoms with Gasteiger partial charge in [0.25, 0.3) is 0 Å². The number of primary sulfonamides is 1. The summed E-state index contributed by atoms with van der Waals surface area (Å²) >= 11 is 0. The molecule has 2 aromatic rings. The molecule has 1 unspecified atom stereocenters. The number of anilines is 1. The average molecular weight is 389 g/mol. The Labute approximate surface area is 158 Å². The molecular weight excluding hydrogens is 366 g/mol. The SMILES string of the molecule is NS(=O)(=O)c1ccc(NC(=O)N2CCC(C(O)c3ccccc3)CC2)cc1. The molecule has 0 bridgehead atoms. The zero-order valence-electron chi connectivity index (χ0n) is 14.8. The number of hydrogen-bond acceptors (Lipinski definition) is 4. The van der Waals surface area contributed by atoms with Crippen LogP contribution in [0.15, 0.2) is 59.5 Å². The minimum atomic E-state index is -3.75. The number of sulfonamides is 1. The Morgan fingerprint density at radius 3 is 2.22 bits per heavy atom. The summed E-state index contributed by atoms with van der Waals surface area (Å²) in [5.41, 5.74) is 1.40. The predicted molar refractivity (Wildman–Crippen MR) is 103 cm³/mol. The van der Waals surface area contributed by atoms with Gasteiger partial charge in [-0.05, 0) is 48.6 Å².